The van der Waals surface area contributed by atoms with Gasteiger partial charge in [0, 0.05) is 25.8 Å². The van der Waals surface area contributed by atoms with Crippen LogP contribution in [0.15, 0.2) is 24.7 Å². The maximum Gasteiger partial charge on any atom is 0.255 e. The molecule has 2 aliphatic heterocycles. The third-order valence-electron chi connectivity index (χ3n) is 5.43. The summed E-state index contributed by atoms with van der Waals surface area (Å²) in [5, 5.41) is 11.5. The summed E-state index contributed by atoms with van der Waals surface area (Å²) >= 11 is 0. The number of fused-ring (bicyclic) bond motifs is 1. The number of hydrogen-bond acceptors (Lipinski definition) is 6. The van der Waals surface area contributed by atoms with Crippen molar-refractivity contribution in [1.82, 2.24) is 30.0 Å². The maximum absolute atomic E-state index is 12.7. The smallest absolute Gasteiger partial charge is 0.255 e. The zero-order valence-electron chi connectivity index (χ0n) is 15.3. The summed E-state index contributed by atoms with van der Waals surface area (Å²) in [7, 11) is 1.89. The summed E-state index contributed by atoms with van der Waals surface area (Å²) in [6.45, 7) is 5.61. The Balaban J connectivity index is 1.46. The zero-order chi connectivity index (χ0) is 18.1. The number of piperidine rings is 1. The Morgan fingerprint density at radius 2 is 2.12 bits per heavy atom. The van der Waals surface area contributed by atoms with Crippen LogP contribution in [0.2, 0.25) is 0 Å². The van der Waals surface area contributed by atoms with Crippen molar-refractivity contribution in [3.8, 4) is 0 Å². The molecule has 138 valence electrons. The van der Waals surface area contributed by atoms with E-state index in [2.05, 4.69) is 36.9 Å². The summed E-state index contributed by atoms with van der Waals surface area (Å²) in [6.07, 6.45) is 5.47. The van der Waals surface area contributed by atoms with E-state index in [4.69, 9.17) is 0 Å². The lowest BCUT2D eigenvalue weighted by molar-refractivity contribution is 0.0703. The van der Waals surface area contributed by atoms with E-state index in [1.807, 2.05) is 24.1 Å². The molecule has 1 fully saturated rings. The van der Waals surface area contributed by atoms with Gasteiger partial charge in [0.1, 0.15) is 12.1 Å². The van der Waals surface area contributed by atoms with Crippen molar-refractivity contribution in [2.75, 3.05) is 31.6 Å². The van der Waals surface area contributed by atoms with Crippen molar-refractivity contribution >= 4 is 11.7 Å². The summed E-state index contributed by atoms with van der Waals surface area (Å²) in [5.74, 6) is 1.85. The van der Waals surface area contributed by atoms with Gasteiger partial charge in [0.05, 0.1) is 18.2 Å². The average Bonchev–Trinajstić information content (AvgIpc) is 3.17. The molecule has 2 aromatic heterocycles. The van der Waals surface area contributed by atoms with Gasteiger partial charge < -0.3 is 19.7 Å². The van der Waals surface area contributed by atoms with Crippen LogP contribution in [-0.2, 0) is 6.54 Å². The van der Waals surface area contributed by atoms with E-state index in [9.17, 15) is 4.79 Å². The number of amides is 1. The van der Waals surface area contributed by atoms with Gasteiger partial charge >= 0.3 is 0 Å². The molecule has 0 aliphatic carbocycles. The van der Waals surface area contributed by atoms with Crippen molar-refractivity contribution in [2.24, 2.45) is 0 Å². The number of rotatable bonds is 3. The van der Waals surface area contributed by atoms with E-state index in [1.54, 1.807) is 12.5 Å². The fourth-order valence-electron chi connectivity index (χ4n) is 3.83. The van der Waals surface area contributed by atoms with Gasteiger partial charge in [0.25, 0.3) is 5.91 Å². The van der Waals surface area contributed by atoms with E-state index in [0.29, 0.717) is 24.2 Å². The van der Waals surface area contributed by atoms with Gasteiger partial charge in [0.2, 0.25) is 0 Å². The van der Waals surface area contributed by atoms with E-state index < -0.39 is 0 Å². The Labute approximate surface area is 153 Å². The molecule has 1 amide bonds. The molecule has 1 N–H and O–H groups in total. The molecule has 0 radical (unpaired) electrons. The number of aromatic nitrogens is 4. The molecule has 2 aliphatic rings. The average molecular weight is 355 g/mol. The largest absolute Gasteiger partial charge is 0.347 e. The van der Waals surface area contributed by atoms with Crippen molar-refractivity contribution < 1.29 is 4.79 Å². The van der Waals surface area contributed by atoms with Crippen molar-refractivity contribution in [1.29, 1.82) is 0 Å². The van der Waals surface area contributed by atoms with Crippen molar-refractivity contribution in [3.63, 3.8) is 0 Å². The Hall–Kier alpha value is -2.48. The van der Waals surface area contributed by atoms with Crippen LogP contribution < -0.4 is 10.2 Å². The molecule has 0 spiro atoms. The minimum atomic E-state index is 0.0442. The molecule has 1 atom stereocenters. The van der Waals surface area contributed by atoms with Crippen LogP contribution in [0.5, 0.6) is 0 Å². The number of nitrogens with one attached hydrogen (secondary N) is 1. The first-order chi connectivity index (χ1) is 12.6. The summed E-state index contributed by atoms with van der Waals surface area (Å²) in [4.78, 5) is 21.3. The Morgan fingerprint density at radius 1 is 1.31 bits per heavy atom. The number of nitrogens with zero attached hydrogens (tertiary/aromatic N) is 6. The molecule has 26 heavy (non-hydrogen) atoms. The first-order valence-corrected chi connectivity index (χ1v) is 9.20. The summed E-state index contributed by atoms with van der Waals surface area (Å²) in [5.41, 5.74) is 0.642. The molecule has 2 aromatic rings. The second-order valence-electron chi connectivity index (χ2n) is 7.19. The lowest BCUT2D eigenvalue weighted by Crippen LogP contribution is -2.44. The molecule has 4 heterocycles. The highest BCUT2D eigenvalue weighted by Gasteiger charge is 2.25. The van der Waals surface area contributed by atoms with E-state index in [0.717, 1.165) is 44.1 Å². The summed E-state index contributed by atoms with van der Waals surface area (Å²) in [6, 6.07) is 4.41. The zero-order valence-corrected chi connectivity index (χ0v) is 15.3. The molecule has 1 saturated heterocycles. The highest BCUT2D eigenvalue weighted by Crippen LogP contribution is 2.24. The first kappa shape index (κ1) is 17.0. The molecule has 8 heteroatoms. The molecule has 0 aromatic carbocycles. The van der Waals surface area contributed by atoms with Crippen molar-refractivity contribution in [2.45, 2.75) is 38.4 Å². The van der Waals surface area contributed by atoms with Crippen LogP contribution in [0.1, 0.15) is 42.0 Å². The lowest BCUT2D eigenvalue weighted by atomic mass is 10.0. The Bertz CT molecular complexity index is 766. The quantitative estimate of drug-likeness (QED) is 0.888. The molecule has 0 saturated carbocycles. The van der Waals surface area contributed by atoms with Gasteiger partial charge in [-0.15, -0.1) is 10.2 Å². The van der Waals surface area contributed by atoms with Gasteiger partial charge in [-0.25, -0.2) is 4.98 Å². The van der Waals surface area contributed by atoms with E-state index >= 15 is 0 Å². The van der Waals surface area contributed by atoms with Crippen molar-refractivity contribution in [3.05, 3.63) is 36.0 Å². The molecular formula is C18H25N7O. The SMILES string of the molecule is CC1CN(c2ccc(C(=O)N(C)C3CCNCC3)cn2)Cc2nncn21. The normalized spacial score (nSPS) is 20.7. The van der Waals surface area contributed by atoms with Gasteiger partial charge in [-0.2, -0.15) is 0 Å². The highest BCUT2D eigenvalue weighted by molar-refractivity contribution is 5.94. The molecule has 4 rings (SSSR count). The van der Waals surface area contributed by atoms with Gasteiger partial charge in [-0.1, -0.05) is 0 Å². The van der Waals surface area contributed by atoms with E-state index in [-0.39, 0.29) is 5.91 Å². The second-order valence-corrected chi connectivity index (χ2v) is 7.19. The topological polar surface area (TPSA) is 79.2 Å². The maximum atomic E-state index is 12.7. The third kappa shape index (κ3) is 3.16. The van der Waals surface area contributed by atoms with Crippen LogP contribution in [0.4, 0.5) is 5.82 Å². The van der Waals surface area contributed by atoms with Crippen LogP contribution in [-0.4, -0.2) is 63.3 Å². The third-order valence-corrected chi connectivity index (χ3v) is 5.43. The predicted molar refractivity (Wildman–Crippen MR) is 98.0 cm³/mol. The molecule has 8 nitrogen and oxygen atoms in total. The standard InChI is InChI=1S/C18H25N7O/c1-13-10-24(11-17-22-21-12-25(13)17)16-4-3-14(9-20-16)18(26)23(2)15-5-7-19-8-6-15/h3-4,9,12-13,15,19H,5-8,10-11H2,1-2H3. The Kier molecular flexibility index (Phi) is 4.58. The van der Waals surface area contributed by atoms with Gasteiger partial charge in [0.15, 0.2) is 5.82 Å². The highest BCUT2D eigenvalue weighted by atomic mass is 16.2. The fourth-order valence-corrected chi connectivity index (χ4v) is 3.83. The minimum Gasteiger partial charge on any atom is -0.347 e. The number of hydrogen-bond donors (Lipinski definition) is 1. The minimum absolute atomic E-state index is 0.0442. The van der Waals surface area contributed by atoms with Gasteiger partial charge in [-0.3, -0.25) is 4.79 Å². The predicted octanol–water partition coefficient (Wildman–Crippen LogP) is 1.08. The van der Waals surface area contributed by atoms with E-state index in [1.165, 1.54) is 0 Å². The molecular weight excluding hydrogens is 330 g/mol. The monoisotopic (exact) mass is 355 g/mol. The number of carbonyl (C=O) groups excluding carboxylic acids is 1. The lowest BCUT2D eigenvalue weighted by Gasteiger charge is -2.33. The molecule has 0 bridgehead atoms. The number of anilines is 1. The van der Waals surface area contributed by atoms with Crippen LogP contribution >= 0.6 is 0 Å². The summed E-state index contributed by atoms with van der Waals surface area (Å²) < 4.78 is 2.10. The van der Waals surface area contributed by atoms with Crippen LogP contribution in [0, 0.1) is 0 Å². The van der Waals surface area contributed by atoms with Gasteiger partial charge in [-0.05, 0) is 45.0 Å². The van der Waals surface area contributed by atoms with Crippen LogP contribution in [0.25, 0.3) is 0 Å². The Morgan fingerprint density at radius 3 is 2.85 bits per heavy atom. The number of carbonyl (C=O) groups is 1. The number of pyridine rings is 1. The first-order valence-electron chi connectivity index (χ1n) is 9.20. The second kappa shape index (κ2) is 7.03. The van der Waals surface area contributed by atoms with Crippen LogP contribution in [0.3, 0.4) is 0 Å². The fraction of sp³-hybridized carbons (Fsp3) is 0.556. The molecule has 1 unspecified atom stereocenters.